The van der Waals surface area contributed by atoms with Gasteiger partial charge in [0.05, 0.1) is 0 Å². The van der Waals surface area contributed by atoms with Crippen molar-refractivity contribution in [3.8, 4) is 0 Å². The Kier molecular flexibility index (Phi) is 6.30. The normalized spacial score (nSPS) is 15.9. The standard InChI is InChI=1S/C12H17I/c13-11-7-2-1-4-8-12-9-5-3-6-10-12/h1,7,9H,3-6,8,10-11H2. The van der Waals surface area contributed by atoms with E-state index in [1.54, 1.807) is 5.57 Å². The van der Waals surface area contributed by atoms with Crippen LogP contribution in [0.1, 0.15) is 38.5 Å². The van der Waals surface area contributed by atoms with Crippen molar-refractivity contribution in [3.05, 3.63) is 29.5 Å². The Morgan fingerprint density at radius 1 is 1.38 bits per heavy atom. The average Bonchev–Trinajstić information content (AvgIpc) is 2.19. The van der Waals surface area contributed by atoms with Gasteiger partial charge in [-0.2, -0.15) is 0 Å². The summed E-state index contributed by atoms with van der Waals surface area (Å²) in [5.41, 5.74) is 4.86. The van der Waals surface area contributed by atoms with Gasteiger partial charge in [-0.3, -0.25) is 0 Å². The first-order valence-corrected chi connectivity index (χ1v) is 6.59. The first kappa shape index (κ1) is 11.1. The third-order valence-electron chi connectivity index (χ3n) is 2.31. The molecule has 0 fully saturated rings. The van der Waals surface area contributed by atoms with E-state index in [0.717, 1.165) is 4.43 Å². The maximum atomic E-state index is 3.19. The van der Waals surface area contributed by atoms with Crippen LogP contribution in [-0.4, -0.2) is 4.43 Å². The van der Waals surface area contributed by atoms with Gasteiger partial charge in [0, 0.05) is 4.43 Å². The molecule has 0 spiro atoms. The lowest BCUT2D eigenvalue weighted by atomic mass is 9.96. The molecule has 0 saturated heterocycles. The van der Waals surface area contributed by atoms with E-state index >= 15 is 0 Å². The zero-order chi connectivity index (χ0) is 9.36. The Labute approximate surface area is 94.9 Å². The zero-order valence-corrected chi connectivity index (χ0v) is 10.2. The van der Waals surface area contributed by atoms with Crippen LogP contribution >= 0.6 is 22.6 Å². The number of hydrogen-bond acceptors (Lipinski definition) is 0. The van der Waals surface area contributed by atoms with E-state index in [2.05, 4.69) is 46.6 Å². The van der Waals surface area contributed by atoms with E-state index in [4.69, 9.17) is 0 Å². The van der Waals surface area contributed by atoms with Crippen LogP contribution in [0.3, 0.4) is 0 Å². The van der Waals surface area contributed by atoms with Gasteiger partial charge >= 0.3 is 0 Å². The summed E-state index contributed by atoms with van der Waals surface area (Å²) < 4.78 is 1.07. The second kappa shape index (κ2) is 7.40. The van der Waals surface area contributed by atoms with E-state index in [9.17, 15) is 0 Å². The minimum absolute atomic E-state index is 1.07. The average molecular weight is 288 g/mol. The highest BCUT2D eigenvalue weighted by molar-refractivity contribution is 14.1. The van der Waals surface area contributed by atoms with Gasteiger partial charge in [0.1, 0.15) is 0 Å². The molecule has 0 aromatic carbocycles. The van der Waals surface area contributed by atoms with Crippen molar-refractivity contribution < 1.29 is 0 Å². The second-order valence-corrected chi connectivity index (χ2v) is 4.26. The lowest BCUT2D eigenvalue weighted by Crippen LogP contribution is -1.90. The monoisotopic (exact) mass is 288 g/mol. The molecular weight excluding hydrogens is 271 g/mol. The lowest BCUT2D eigenvalue weighted by molar-refractivity contribution is 0.676. The fraction of sp³-hybridized carbons (Fsp3) is 0.583. The van der Waals surface area contributed by atoms with Gasteiger partial charge in [0.15, 0.2) is 0 Å². The summed E-state index contributed by atoms with van der Waals surface area (Å²) in [6.07, 6.45) is 14.5. The quantitative estimate of drug-likeness (QED) is 0.311. The maximum absolute atomic E-state index is 3.19. The van der Waals surface area contributed by atoms with Crippen molar-refractivity contribution in [1.82, 2.24) is 0 Å². The van der Waals surface area contributed by atoms with Crippen LogP contribution in [0.15, 0.2) is 29.5 Å². The molecule has 0 amide bonds. The molecular formula is C12H17I. The predicted octanol–water partition coefficient (Wildman–Crippen LogP) is 4.41. The minimum Gasteiger partial charge on any atom is -0.129 e. The van der Waals surface area contributed by atoms with Crippen LogP contribution in [0.4, 0.5) is 0 Å². The van der Waals surface area contributed by atoms with Crippen LogP contribution in [0.25, 0.3) is 0 Å². The van der Waals surface area contributed by atoms with Crippen LogP contribution < -0.4 is 0 Å². The number of hydrogen-bond donors (Lipinski definition) is 0. The molecule has 1 aliphatic carbocycles. The van der Waals surface area contributed by atoms with Gasteiger partial charge < -0.3 is 0 Å². The molecule has 72 valence electrons. The molecule has 0 aromatic heterocycles. The highest BCUT2D eigenvalue weighted by Crippen LogP contribution is 2.21. The van der Waals surface area contributed by atoms with Crippen molar-refractivity contribution >= 4 is 22.6 Å². The summed E-state index contributed by atoms with van der Waals surface area (Å²) in [6, 6.07) is 0. The zero-order valence-electron chi connectivity index (χ0n) is 8.06. The summed E-state index contributed by atoms with van der Waals surface area (Å²) in [6.45, 7) is 0. The molecule has 0 radical (unpaired) electrons. The highest BCUT2D eigenvalue weighted by Gasteiger charge is 2.01. The molecule has 0 aromatic rings. The third-order valence-corrected chi connectivity index (χ3v) is 2.75. The van der Waals surface area contributed by atoms with Crippen LogP contribution in [0.5, 0.6) is 0 Å². The molecule has 1 aliphatic rings. The van der Waals surface area contributed by atoms with E-state index in [1.807, 2.05) is 0 Å². The summed E-state index contributed by atoms with van der Waals surface area (Å²) in [7, 11) is 0. The molecule has 0 saturated carbocycles. The maximum Gasteiger partial charge on any atom is 0.0251 e. The van der Waals surface area contributed by atoms with Crippen molar-refractivity contribution in [2.24, 2.45) is 0 Å². The molecule has 0 bridgehead atoms. The van der Waals surface area contributed by atoms with Gasteiger partial charge in [0.2, 0.25) is 0 Å². The lowest BCUT2D eigenvalue weighted by Gasteiger charge is -2.10. The van der Waals surface area contributed by atoms with Gasteiger partial charge in [0.25, 0.3) is 0 Å². The molecule has 0 aliphatic heterocycles. The number of halogens is 1. The van der Waals surface area contributed by atoms with E-state index in [1.165, 1.54) is 38.5 Å². The van der Waals surface area contributed by atoms with Gasteiger partial charge in [-0.25, -0.2) is 0 Å². The Balaban J connectivity index is 2.18. The van der Waals surface area contributed by atoms with Gasteiger partial charge in [-0.15, -0.1) is 5.73 Å². The number of alkyl halides is 1. The van der Waals surface area contributed by atoms with Crippen molar-refractivity contribution in [2.75, 3.05) is 4.43 Å². The smallest absolute Gasteiger partial charge is 0.0251 e. The Morgan fingerprint density at radius 2 is 2.31 bits per heavy atom. The first-order valence-electron chi connectivity index (χ1n) is 5.07. The van der Waals surface area contributed by atoms with E-state index in [-0.39, 0.29) is 0 Å². The van der Waals surface area contributed by atoms with Crippen LogP contribution in [0, 0.1) is 0 Å². The van der Waals surface area contributed by atoms with Gasteiger partial charge in [-0.05, 0) is 50.7 Å². The first-order chi connectivity index (χ1) is 6.43. The van der Waals surface area contributed by atoms with E-state index < -0.39 is 0 Å². The fourth-order valence-corrected chi connectivity index (χ4v) is 1.85. The summed E-state index contributed by atoms with van der Waals surface area (Å²) in [5.74, 6) is 0. The summed E-state index contributed by atoms with van der Waals surface area (Å²) in [4.78, 5) is 0. The largest absolute Gasteiger partial charge is 0.129 e. The molecule has 0 N–H and O–H groups in total. The fourth-order valence-electron chi connectivity index (χ4n) is 1.60. The summed E-state index contributed by atoms with van der Waals surface area (Å²) >= 11 is 2.33. The third kappa shape index (κ3) is 5.33. The number of allylic oxidation sites excluding steroid dienone is 3. The Hall–Kier alpha value is -0.0100. The van der Waals surface area contributed by atoms with E-state index in [0.29, 0.717) is 0 Å². The van der Waals surface area contributed by atoms with Crippen LogP contribution in [-0.2, 0) is 0 Å². The molecule has 1 heteroatoms. The van der Waals surface area contributed by atoms with Crippen LogP contribution in [0.2, 0.25) is 0 Å². The van der Waals surface area contributed by atoms with Crippen molar-refractivity contribution in [1.29, 1.82) is 0 Å². The highest BCUT2D eigenvalue weighted by atomic mass is 127. The molecule has 0 nitrogen and oxygen atoms in total. The van der Waals surface area contributed by atoms with Gasteiger partial charge in [-0.1, -0.05) is 34.2 Å². The summed E-state index contributed by atoms with van der Waals surface area (Å²) in [5, 5.41) is 0. The SMILES string of the molecule is ICC=C=CCCC1=CCCCC1. The minimum atomic E-state index is 1.07. The second-order valence-electron chi connectivity index (χ2n) is 3.38. The molecule has 0 atom stereocenters. The molecule has 1 rings (SSSR count). The Bertz CT molecular complexity index is 219. The number of rotatable bonds is 4. The van der Waals surface area contributed by atoms with Crippen molar-refractivity contribution in [2.45, 2.75) is 38.5 Å². The predicted molar refractivity (Wildman–Crippen MR) is 67.3 cm³/mol. The molecule has 13 heavy (non-hydrogen) atoms. The molecule has 0 unspecified atom stereocenters. The Morgan fingerprint density at radius 3 is 3.00 bits per heavy atom. The topological polar surface area (TPSA) is 0 Å². The molecule has 0 heterocycles. The van der Waals surface area contributed by atoms with Crippen molar-refractivity contribution in [3.63, 3.8) is 0 Å².